The smallest absolute Gasteiger partial charge is 0.326 e. The number of urea groups is 1. The number of ether oxygens (including phenoxy) is 2. The van der Waals surface area contributed by atoms with E-state index in [4.69, 9.17) is 9.47 Å². The summed E-state index contributed by atoms with van der Waals surface area (Å²) in [6, 6.07) is 18.7. The molecule has 0 unspecified atom stereocenters. The van der Waals surface area contributed by atoms with E-state index in [1.54, 1.807) is 62.8 Å². The molecule has 3 aromatic carbocycles. The van der Waals surface area contributed by atoms with Crippen LogP contribution in [0.3, 0.4) is 0 Å². The van der Waals surface area contributed by atoms with Gasteiger partial charge in [-0.3, -0.25) is 9.69 Å². The highest BCUT2D eigenvalue weighted by Crippen LogP contribution is 2.19. The fourth-order valence-electron chi connectivity index (χ4n) is 2.96. The van der Waals surface area contributed by atoms with E-state index in [1.807, 2.05) is 0 Å². The van der Waals surface area contributed by atoms with Crippen molar-refractivity contribution < 1.29 is 23.5 Å². The standard InChI is InChI=1S/C24H24FN3O4/c1-31-21-11-3-17(4-12-21)23(29)26-15-16-28(20-9-5-18(25)6-10-20)24(30)27-19-7-13-22(32-2)14-8-19/h3-14H,15-16H2,1-2H3,(H,26,29)(H,27,30). The molecule has 32 heavy (non-hydrogen) atoms. The number of hydrogen-bond donors (Lipinski definition) is 2. The lowest BCUT2D eigenvalue weighted by Gasteiger charge is -2.23. The molecule has 0 spiro atoms. The Kier molecular flexibility index (Phi) is 7.64. The predicted molar refractivity (Wildman–Crippen MR) is 121 cm³/mol. The molecule has 0 radical (unpaired) electrons. The third kappa shape index (κ3) is 5.98. The molecule has 0 atom stereocenters. The SMILES string of the molecule is COc1ccc(NC(=O)N(CCNC(=O)c2ccc(OC)cc2)c2ccc(F)cc2)cc1. The monoisotopic (exact) mass is 437 g/mol. The summed E-state index contributed by atoms with van der Waals surface area (Å²) >= 11 is 0. The topological polar surface area (TPSA) is 79.9 Å². The first-order valence-corrected chi connectivity index (χ1v) is 9.90. The van der Waals surface area contributed by atoms with Crippen LogP contribution in [-0.4, -0.2) is 39.2 Å². The van der Waals surface area contributed by atoms with Crippen molar-refractivity contribution >= 4 is 23.3 Å². The third-order valence-electron chi connectivity index (χ3n) is 4.70. The fraction of sp³-hybridized carbons (Fsp3) is 0.167. The van der Waals surface area contributed by atoms with Gasteiger partial charge in [0.1, 0.15) is 17.3 Å². The molecule has 0 fully saturated rings. The van der Waals surface area contributed by atoms with E-state index in [1.165, 1.54) is 29.2 Å². The Morgan fingerprint density at radius 1 is 0.844 bits per heavy atom. The van der Waals surface area contributed by atoms with Gasteiger partial charge < -0.3 is 20.1 Å². The number of nitrogens with one attached hydrogen (secondary N) is 2. The van der Waals surface area contributed by atoms with Gasteiger partial charge in [0.2, 0.25) is 0 Å². The Morgan fingerprint density at radius 3 is 1.97 bits per heavy atom. The van der Waals surface area contributed by atoms with Gasteiger partial charge in [-0.25, -0.2) is 9.18 Å². The van der Waals surface area contributed by atoms with Crippen molar-refractivity contribution in [3.8, 4) is 11.5 Å². The van der Waals surface area contributed by atoms with Crippen LogP contribution in [0.4, 0.5) is 20.6 Å². The minimum Gasteiger partial charge on any atom is -0.497 e. The van der Waals surface area contributed by atoms with Gasteiger partial charge in [-0.2, -0.15) is 0 Å². The Hall–Kier alpha value is -4.07. The van der Waals surface area contributed by atoms with Gasteiger partial charge in [-0.1, -0.05) is 0 Å². The maximum atomic E-state index is 13.4. The van der Waals surface area contributed by atoms with Crippen LogP contribution in [0.1, 0.15) is 10.4 Å². The van der Waals surface area contributed by atoms with E-state index in [9.17, 15) is 14.0 Å². The van der Waals surface area contributed by atoms with Crippen LogP contribution in [0.2, 0.25) is 0 Å². The molecular weight excluding hydrogens is 413 g/mol. The zero-order valence-corrected chi connectivity index (χ0v) is 17.8. The summed E-state index contributed by atoms with van der Waals surface area (Å²) in [6.45, 7) is 0.369. The molecule has 8 heteroatoms. The first-order chi connectivity index (χ1) is 15.5. The minimum atomic E-state index is -0.416. The molecule has 0 saturated carbocycles. The van der Waals surface area contributed by atoms with Crippen LogP contribution in [0.15, 0.2) is 72.8 Å². The molecule has 0 saturated heterocycles. The molecule has 0 aromatic heterocycles. The summed E-state index contributed by atoms with van der Waals surface area (Å²) in [5.41, 5.74) is 1.54. The number of halogens is 1. The molecule has 7 nitrogen and oxygen atoms in total. The lowest BCUT2D eigenvalue weighted by Crippen LogP contribution is -2.41. The number of carbonyl (C=O) groups excluding carboxylic acids is 2. The maximum Gasteiger partial charge on any atom is 0.326 e. The van der Waals surface area contributed by atoms with Gasteiger partial charge in [0.25, 0.3) is 5.91 Å². The van der Waals surface area contributed by atoms with Crippen LogP contribution >= 0.6 is 0 Å². The quantitative estimate of drug-likeness (QED) is 0.550. The molecule has 3 aromatic rings. The van der Waals surface area contributed by atoms with E-state index >= 15 is 0 Å². The molecule has 0 heterocycles. The number of methoxy groups -OCH3 is 2. The number of nitrogens with zero attached hydrogens (tertiary/aromatic N) is 1. The fourth-order valence-corrected chi connectivity index (χ4v) is 2.96. The summed E-state index contributed by atoms with van der Waals surface area (Å²) in [7, 11) is 3.11. The Bertz CT molecular complexity index is 1040. The molecule has 3 amide bonds. The average Bonchev–Trinajstić information content (AvgIpc) is 2.83. The van der Waals surface area contributed by atoms with Gasteiger partial charge in [0.15, 0.2) is 0 Å². The van der Waals surface area contributed by atoms with E-state index in [0.29, 0.717) is 28.4 Å². The second kappa shape index (κ2) is 10.8. The second-order valence-electron chi connectivity index (χ2n) is 6.77. The van der Waals surface area contributed by atoms with Crippen LogP contribution in [0.5, 0.6) is 11.5 Å². The van der Waals surface area contributed by atoms with Gasteiger partial charge in [-0.15, -0.1) is 0 Å². The highest BCUT2D eigenvalue weighted by atomic mass is 19.1. The Balaban J connectivity index is 1.67. The van der Waals surface area contributed by atoms with Crippen molar-refractivity contribution in [3.63, 3.8) is 0 Å². The van der Waals surface area contributed by atoms with Gasteiger partial charge in [0, 0.05) is 30.0 Å². The number of anilines is 2. The molecule has 3 rings (SSSR count). The summed E-state index contributed by atoms with van der Waals surface area (Å²) in [6.07, 6.45) is 0. The number of amides is 3. The van der Waals surface area contributed by atoms with Crippen LogP contribution in [0.25, 0.3) is 0 Å². The van der Waals surface area contributed by atoms with Crippen molar-refractivity contribution in [2.45, 2.75) is 0 Å². The predicted octanol–water partition coefficient (Wildman–Crippen LogP) is 4.31. The Labute approximate surface area is 185 Å². The molecule has 166 valence electrons. The van der Waals surface area contributed by atoms with Crippen molar-refractivity contribution in [1.82, 2.24) is 5.32 Å². The number of carbonyl (C=O) groups is 2. The van der Waals surface area contributed by atoms with Crippen LogP contribution in [0, 0.1) is 5.82 Å². The second-order valence-corrected chi connectivity index (χ2v) is 6.77. The largest absolute Gasteiger partial charge is 0.497 e. The number of hydrogen-bond acceptors (Lipinski definition) is 4. The van der Waals surface area contributed by atoms with Crippen molar-refractivity contribution in [2.75, 3.05) is 37.5 Å². The van der Waals surface area contributed by atoms with Gasteiger partial charge >= 0.3 is 6.03 Å². The Morgan fingerprint density at radius 2 is 1.41 bits per heavy atom. The van der Waals surface area contributed by atoms with E-state index < -0.39 is 11.8 Å². The van der Waals surface area contributed by atoms with Gasteiger partial charge in [-0.05, 0) is 72.8 Å². The lowest BCUT2D eigenvalue weighted by atomic mass is 10.2. The van der Waals surface area contributed by atoms with Gasteiger partial charge in [0.05, 0.1) is 14.2 Å². The minimum absolute atomic E-state index is 0.176. The molecule has 0 bridgehead atoms. The normalized spacial score (nSPS) is 10.2. The summed E-state index contributed by atoms with van der Waals surface area (Å²) in [4.78, 5) is 26.8. The summed E-state index contributed by atoms with van der Waals surface area (Å²) in [5, 5.41) is 5.59. The zero-order chi connectivity index (χ0) is 22.9. The molecule has 2 N–H and O–H groups in total. The zero-order valence-electron chi connectivity index (χ0n) is 17.8. The molecule has 0 aliphatic carbocycles. The maximum absolute atomic E-state index is 13.4. The average molecular weight is 437 g/mol. The third-order valence-corrected chi connectivity index (χ3v) is 4.70. The lowest BCUT2D eigenvalue weighted by molar-refractivity contribution is 0.0954. The van der Waals surface area contributed by atoms with Crippen LogP contribution < -0.4 is 25.0 Å². The van der Waals surface area contributed by atoms with Crippen molar-refractivity contribution in [1.29, 1.82) is 0 Å². The summed E-state index contributed by atoms with van der Waals surface area (Å²) < 4.78 is 23.6. The molecular formula is C24H24FN3O4. The first kappa shape index (κ1) is 22.6. The van der Waals surface area contributed by atoms with E-state index in [-0.39, 0.29) is 19.0 Å². The number of benzene rings is 3. The van der Waals surface area contributed by atoms with Crippen molar-refractivity contribution in [2.24, 2.45) is 0 Å². The summed E-state index contributed by atoms with van der Waals surface area (Å²) in [5.74, 6) is 0.637. The van der Waals surface area contributed by atoms with Crippen molar-refractivity contribution in [3.05, 3.63) is 84.2 Å². The molecule has 0 aliphatic rings. The van der Waals surface area contributed by atoms with Crippen LogP contribution in [-0.2, 0) is 0 Å². The molecule has 0 aliphatic heterocycles. The highest BCUT2D eigenvalue weighted by molar-refractivity contribution is 6.02. The van der Waals surface area contributed by atoms with E-state index in [0.717, 1.165) is 0 Å². The number of rotatable bonds is 8. The highest BCUT2D eigenvalue weighted by Gasteiger charge is 2.17. The van der Waals surface area contributed by atoms with E-state index in [2.05, 4.69) is 10.6 Å². The first-order valence-electron chi connectivity index (χ1n) is 9.90.